The summed E-state index contributed by atoms with van der Waals surface area (Å²) in [6, 6.07) is 7.54. The van der Waals surface area contributed by atoms with Crippen molar-refractivity contribution in [3.8, 4) is 11.5 Å². The van der Waals surface area contributed by atoms with Crippen LogP contribution in [0.5, 0.6) is 0 Å². The van der Waals surface area contributed by atoms with Crippen LogP contribution in [0.4, 0.5) is 0 Å². The molecule has 0 amide bonds. The van der Waals surface area contributed by atoms with E-state index in [1.165, 1.54) is 0 Å². The Hall–Kier alpha value is -1.43. The van der Waals surface area contributed by atoms with Crippen LogP contribution in [0.2, 0.25) is 5.02 Å². The van der Waals surface area contributed by atoms with E-state index in [-0.39, 0.29) is 12.6 Å². The van der Waals surface area contributed by atoms with Gasteiger partial charge >= 0.3 is 0 Å². The van der Waals surface area contributed by atoms with Gasteiger partial charge < -0.3 is 9.52 Å². The number of aromatic nitrogens is 2. The van der Waals surface area contributed by atoms with E-state index in [1.807, 2.05) is 12.1 Å². The van der Waals surface area contributed by atoms with Crippen LogP contribution >= 0.6 is 11.6 Å². The lowest BCUT2D eigenvalue weighted by Gasteiger charge is -2.20. The Bertz CT molecular complexity index is 587. The summed E-state index contributed by atoms with van der Waals surface area (Å²) in [7, 11) is 0. The largest absolute Gasteiger partial charge is 0.419 e. The highest BCUT2D eigenvalue weighted by Crippen LogP contribution is 2.23. The van der Waals surface area contributed by atoms with Gasteiger partial charge in [0, 0.05) is 16.6 Å². The molecule has 2 heterocycles. The molecule has 0 saturated carbocycles. The van der Waals surface area contributed by atoms with Crippen LogP contribution < -0.4 is 0 Å². The molecule has 0 aliphatic carbocycles. The maximum atomic E-state index is 9.31. The van der Waals surface area contributed by atoms with E-state index in [0.717, 1.165) is 24.9 Å². The molecule has 1 aromatic heterocycles. The zero-order chi connectivity index (χ0) is 13.9. The van der Waals surface area contributed by atoms with Crippen molar-refractivity contribution in [1.82, 2.24) is 15.1 Å². The van der Waals surface area contributed by atoms with Crippen molar-refractivity contribution in [1.29, 1.82) is 0 Å². The lowest BCUT2D eigenvalue weighted by atomic mass is 10.2. The van der Waals surface area contributed by atoms with Gasteiger partial charge in [-0.25, -0.2) is 0 Å². The summed E-state index contributed by atoms with van der Waals surface area (Å²) in [6.45, 7) is 1.72. The number of benzene rings is 1. The van der Waals surface area contributed by atoms with E-state index in [1.54, 1.807) is 12.1 Å². The first-order valence-electron chi connectivity index (χ1n) is 6.69. The number of hydrogen-bond donors (Lipinski definition) is 1. The summed E-state index contributed by atoms with van der Waals surface area (Å²) in [5.74, 6) is 1.04. The van der Waals surface area contributed by atoms with Crippen molar-refractivity contribution in [2.45, 2.75) is 25.4 Å². The number of nitrogens with zero attached hydrogens (tertiary/aromatic N) is 3. The molecule has 1 N–H and O–H groups in total. The minimum atomic E-state index is 0.176. The highest BCUT2D eigenvalue weighted by molar-refractivity contribution is 6.30. The minimum Gasteiger partial charge on any atom is -0.419 e. The van der Waals surface area contributed by atoms with E-state index < -0.39 is 0 Å². The van der Waals surface area contributed by atoms with Crippen LogP contribution in [0.15, 0.2) is 28.7 Å². The SMILES string of the molecule is OC[C@H]1CCCN1Cc1nnc(-c2cccc(Cl)c2)o1. The fourth-order valence-electron chi connectivity index (χ4n) is 2.54. The number of aliphatic hydroxyl groups excluding tert-OH is 1. The third-order valence-corrected chi connectivity index (χ3v) is 3.82. The summed E-state index contributed by atoms with van der Waals surface area (Å²) >= 11 is 5.95. The molecule has 1 atom stereocenters. The van der Waals surface area contributed by atoms with E-state index in [2.05, 4.69) is 15.1 Å². The first-order valence-corrected chi connectivity index (χ1v) is 7.07. The van der Waals surface area contributed by atoms with Crippen LogP contribution in [-0.2, 0) is 6.54 Å². The van der Waals surface area contributed by atoms with Crippen LogP contribution in [0.3, 0.4) is 0 Å². The highest BCUT2D eigenvalue weighted by Gasteiger charge is 2.25. The van der Waals surface area contributed by atoms with Crippen LogP contribution in [0.1, 0.15) is 18.7 Å². The van der Waals surface area contributed by atoms with E-state index >= 15 is 0 Å². The van der Waals surface area contributed by atoms with Gasteiger partial charge in [0.2, 0.25) is 11.8 Å². The summed E-state index contributed by atoms with van der Waals surface area (Å²) in [5, 5.41) is 18.1. The number of halogens is 1. The van der Waals surface area contributed by atoms with E-state index in [0.29, 0.717) is 23.3 Å². The van der Waals surface area contributed by atoms with Gasteiger partial charge in [0.05, 0.1) is 13.2 Å². The maximum Gasteiger partial charge on any atom is 0.247 e. The number of rotatable bonds is 4. The Morgan fingerprint density at radius 1 is 1.40 bits per heavy atom. The fourth-order valence-corrected chi connectivity index (χ4v) is 2.73. The maximum absolute atomic E-state index is 9.31. The van der Waals surface area contributed by atoms with Gasteiger partial charge in [0.15, 0.2) is 0 Å². The van der Waals surface area contributed by atoms with Crippen LogP contribution in [-0.4, -0.2) is 39.4 Å². The predicted molar refractivity (Wildman–Crippen MR) is 75.3 cm³/mol. The monoisotopic (exact) mass is 293 g/mol. The normalized spacial score (nSPS) is 19.6. The predicted octanol–water partition coefficient (Wildman–Crippen LogP) is 2.35. The molecule has 1 aliphatic heterocycles. The second kappa shape index (κ2) is 5.91. The Kier molecular flexibility index (Phi) is 4.00. The fraction of sp³-hybridized carbons (Fsp3) is 0.429. The third-order valence-electron chi connectivity index (χ3n) is 3.59. The smallest absolute Gasteiger partial charge is 0.247 e. The van der Waals surface area contributed by atoms with Crippen molar-refractivity contribution in [2.24, 2.45) is 0 Å². The van der Waals surface area contributed by atoms with Gasteiger partial charge in [-0.2, -0.15) is 0 Å². The first-order chi connectivity index (χ1) is 9.76. The molecule has 106 valence electrons. The molecule has 1 aromatic carbocycles. The van der Waals surface area contributed by atoms with E-state index in [4.69, 9.17) is 16.0 Å². The molecule has 0 radical (unpaired) electrons. The average Bonchev–Trinajstić information content (AvgIpc) is 3.08. The van der Waals surface area contributed by atoms with E-state index in [9.17, 15) is 5.11 Å². The Labute approximate surface area is 122 Å². The van der Waals surface area contributed by atoms with Gasteiger partial charge in [-0.3, -0.25) is 4.90 Å². The van der Waals surface area contributed by atoms with Gasteiger partial charge in [-0.05, 0) is 37.6 Å². The molecule has 0 unspecified atom stereocenters. The summed E-state index contributed by atoms with van der Waals surface area (Å²) < 4.78 is 5.68. The summed E-state index contributed by atoms with van der Waals surface area (Å²) in [5.41, 5.74) is 0.816. The Morgan fingerprint density at radius 3 is 3.10 bits per heavy atom. The van der Waals surface area contributed by atoms with Crippen molar-refractivity contribution < 1.29 is 9.52 Å². The summed E-state index contributed by atoms with van der Waals surface area (Å²) in [4.78, 5) is 2.18. The third kappa shape index (κ3) is 2.85. The Balaban J connectivity index is 1.74. The van der Waals surface area contributed by atoms with Gasteiger partial charge in [0.1, 0.15) is 0 Å². The molecular weight excluding hydrogens is 278 g/mol. The lowest BCUT2D eigenvalue weighted by molar-refractivity contribution is 0.144. The van der Waals surface area contributed by atoms with Crippen LogP contribution in [0.25, 0.3) is 11.5 Å². The molecular formula is C14H16ClN3O2. The molecule has 6 heteroatoms. The molecule has 3 rings (SSSR count). The molecule has 1 fully saturated rings. The first kappa shape index (κ1) is 13.5. The quantitative estimate of drug-likeness (QED) is 0.937. The lowest BCUT2D eigenvalue weighted by Crippen LogP contribution is -2.31. The average molecular weight is 294 g/mol. The standard InChI is InChI=1S/C14H16ClN3O2/c15-11-4-1-3-10(7-11)14-17-16-13(20-14)8-18-6-2-5-12(18)9-19/h1,3-4,7,12,19H,2,5-6,8-9H2/t12-/m1/s1. The van der Waals surface area contributed by atoms with Gasteiger partial charge in [-0.1, -0.05) is 17.7 Å². The number of hydrogen-bond acceptors (Lipinski definition) is 5. The number of likely N-dealkylation sites (tertiary alicyclic amines) is 1. The minimum absolute atomic E-state index is 0.176. The summed E-state index contributed by atoms with van der Waals surface area (Å²) in [6.07, 6.45) is 2.12. The Morgan fingerprint density at radius 2 is 2.30 bits per heavy atom. The topological polar surface area (TPSA) is 62.4 Å². The zero-order valence-corrected chi connectivity index (χ0v) is 11.8. The highest BCUT2D eigenvalue weighted by atomic mass is 35.5. The molecule has 0 spiro atoms. The van der Waals surface area contributed by atoms with Gasteiger partial charge in [0.25, 0.3) is 0 Å². The molecule has 20 heavy (non-hydrogen) atoms. The van der Waals surface area contributed by atoms with Crippen molar-refractivity contribution >= 4 is 11.6 Å². The second-order valence-corrected chi connectivity index (χ2v) is 5.40. The molecule has 1 saturated heterocycles. The zero-order valence-electron chi connectivity index (χ0n) is 11.0. The van der Waals surface area contributed by atoms with Gasteiger partial charge in [-0.15, -0.1) is 10.2 Å². The molecule has 5 nitrogen and oxygen atoms in total. The number of aliphatic hydroxyl groups is 1. The molecule has 0 bridgehead atoms. The molecule has 1 aliphatic rings. The van der Waals surface area contributed by atoms with Crippen molar-refractivity contribution in [3.63, 3.8) is 0 Å². The molecule has 2 aromatic rings. The van der Waals surface area contributed by atoms with Crippen molar-refractivity contribution in [2.75, 3.05) is 13.2 Å². The van der Waals surface area contributed by atoms with Crippen molar-refractivity contribution in [3.05, 3.63) is 35.2 Å². The van der Waals surface area contributed by atoms with Crippen LogP contribution in [0, 0.1) is 0 Å². The second-order valence-electron chi connectivity index (χ2n) is 4.96.